The van der Waals surface area contributed by atoms with E-state index >= 15 is 0 Å². The fourth-order valence-electron chi connectivity index (χ4n) is 1.31. The zero-order chi connectivity index (χ0) is 10.6. The van der Waals surface area contributed by atoms with Gasteiger partial charge in [0.2, 0.25) is 0 Å². The molecule has 0 aromatic heterocycles. The number of carbonyl (C=O) groups excluding carboxylic acids is 1. The Hall–Kier alpha value is -1.22. The van der Waals surface area contributed by atoms with Crippen molar-refractivity contribution in [3.8, 4) is 0 Å². The van der Waals surface area contributed by atoms with E-state index in [1.165, 1.54) is 12.1 Å². The molecule has 0 amide bonds. The fraction of sp³-hybridized carbons (Fsp3) is 0.364. The smallest absolute Gasteiger partial charge is 0.147 e. The van der Waals surface area contributed by atoms with E-state index in [0.29, 0.717) is 6.42 Å². The van der Waals surface area contributed by atoms with Crippen LogP contribution in [0.1, 0.15) is 12.5 Å². The Bertz CT molecular complexity index is 308. The molecule has 3 heteroatoms. The van der Waals surface area contributed by atoms with Gasteiger partial charge in [-0.05, 0) is 38.1 Å². The Morgan fingerprint density at radius 1 is 1.43 bits per heavy atom. The van der Waals surface area contributed by atoms with Crippen molar-refractivity contribution in [2.75, 3.05) is 7.05 Å². The van der Waals surface area contributed by atoms with Crippen LogP contribution in [0.3, 0.4) is 0 Å². The van der Waals surface area contributed by atoms with Crippen molar-refractivity contribution >= 4 is 5.78 Å². The molecule has 0 aliphatic carbocycles. The van der Waals surface area contributed by atoms with Gasteiger partial charge in [0.1, 0.15) is 11.6 Å². The minimum atomic E-state index is -0.252. The van der Waals surface area contributed by atoms with E-state index < -0.39 is 0 Å². The molecule has 0 unspecified atom stereocenters. The van der Waals surface area contributed by atoms with E-state index in [-0.39, 0.29) is 17.6 Å². The number of ketones is 1. The number of benzene rings is 1. The number of carbonyl (C=O) groups is 1. The van der Waals surface area contributed by atoms with Crippen LogP contribution in [0.2, 0.25) is 0 Å². The van der Waals surface area contributed by atoms with Crippen LogP contribution in [0.5, 0.6) is 0 Å². The Labute approximate surface area is 83.1 Å². The van der Waals surface area contributed by atoms with Crippen molar-refractivity contribution in [1.82, 2.24) is 5.32 Å². The molecule has 1 rings (SSSR count). The maximum atomic E-state index is 12.6. The molecule has 76 valence electrons. The number of nitrogens with one attached hydrogen (secondary N) is 1. The van der Waals surface area contributed by atoms with Crippen molar-refractivity contribution in [2.45, 2.75) is 19.4 Å². The van der Waals surface area contributed by atoms with Crippen LogP contribution >= 0.6 is 0 Å². The van der Waals surface area contributed by atoms with Gasteiger partial charge >= 0.3 is 0 Å². The first-order valence-electron chi connectivity index (χ1n) is 4.55. The first kappa shape index (κ1) is 10.9. The predicted octanol–water partition coefficient (Wildman–Crippen LogP) is 1.55. The quantitative estimate of drug-likeness (QED) is 0.789. The summed E-state index contributed by atoms with van der Waals surface area (Å²) in [6.45, 7) is 1.55. The van der Waals surface area contributed by atoms with Gasteiger partial charge in [-0.25, -0.2) is 4.39 Å². The van der Waals surface area contributed by atoms with Crippen molar-refractivity contribution in [2.24, 2.45) is 0 Å². The molecule has 2 nitrogen and oxygen atoms in total. The summed E-state index contributed by atoms with van der Waals surface area (Å²) in [5.41, 5.74) is 0.959. The van der Waals surface area contributed by atoms with Crippen LogP contribution < -0.4 is 5.32 Å². The standard InChI is InChI=1S/C11H14FNO/c1-8(14)11(13-2)7-9-3-5-10(12)6-4-9/h3-6,11,13H,7H2,1-2H3/t11-/m1/s1. The second kappa shape index (κ2) is 4.86. The highest BCUT2D eigenvalue weighted by molar-refractivity contribution is 5.81. The van der Waals surface area contributed by atoms with Gasteiger partial charge in [0.25, 0.3) is 0 Å². The molecule has 0 fully saturated rings. The molecule has 0 saturated heterocycles. The van der Waals surface area contributed by atoms with Gasteiger partial charge in [0, 0.05) is 0 Å². The van der Waals surface area contributed by atoms with Gasteiger partial charge in [0.05, 0.1) is 6.04 Å². The third-order valence-corrected chi connectivity index (χ3v) is 2.19. The first-order valence-corrected chi connectivity index (χ1v) is 4.55. The van der Waals surface area contributed by atoms with Crippen LogP contribution in [-0.2, 0) is 11.2 Å². The molecule has 0 radical (unpaired) electrons. The molecule has 1 aromatic carbocycles. The SMILES string of the molecule is CN[C@H](Cc1ccc(F)cc1)C(C)=O. The highest BCUT2D eigenvalue weighted by atomic mass is 19.1. The first-order chi connectivity index (χ1) is 6.63. The zero-order valence-electron chi connectivity index (χ0n) is 8.38. The Kier molecular flexibility index (Phi) is 3.77. The highest BCUT2D eigenvalue weighted by Crippen LogP contribution is 2.06. The molecule has 0 bridgehead atoms. The van der Waals surface area contributed by atoms with Crippen LogP contribution in [0, 0.1) is 5.82 Å². The van der Waals surface area contributed by atoms with Gasteiger partial charge < -0.3 is 5.32 Å². The number of rotatable bonds is 4. The normalized spacial score (nSPS) is 12.5. The number of halogens is 1. The summed E-state index contributed by atoms with van der Waals surface area (Å²) in [6.07, 6.45) is 0.603. The summed E-state index contributed by atoms with van der Waals surface area (Å²) < 4.78 is 12.6. The lowest BCUT2D eigenvalue weighted by molar-refractivity contribution is -0.118. The summed E-state index contributed by atoms with van der Waals surface area (Å²) in [4.78, 5) is 11.1. The van der Waals surface area contributed by atoms with Crippen LogP contribution in [0.15, 0.2) is 24.3 Å². The van der Waals surface area contributed by atoms with Crippen molar-refractivity contribution < 1.29 is 9.18 Å². The van der Waals surface area contributed by atoms with E-state index in [1.807, 2.05) is 0 Å². The monoisotopic (exact) mass is 195 g/mol. The molecule has 0 aliphatic rings. The zero-order valence-corrected chi connectivity index (χ0v) is 8.38. The molecule has 14 heavy (non-hydrogen) atoms. The number of Topliss-reactive ketones (excluding diaryl/α,β-unsaturated/α-hetero) is 1. The van der Waals surface area contributed by atoms with Crippen LogP contribution in [0.4, 0.5) is 4.39 Å². The minimum absolute atomic E-state index is 0.0943. The van der Waals surface area contributed by atoms with E-state index in [2.05, 4.69) is 5.32 Å². The van der Waals surface area contributed by atoms with Gasteiger partial charge in [-0.3, -0.25) is 4.79 Å². The number of likely N-dealkylation sites (N-methyl/N-ethyl adjacent to an activating group) is 1. The largest absolute Gasteiger partial charge is 0.310 e. The lowest BCUT2D eigenvalue weighted by Gasteiger charge is -2.12. The van der Waals surface area contributed by atoms with E-state index in [0.717, 1.165) is 5.56 Å². The summed E-state index contributed by atoms with van der Waals surface area (Å²) in [7, 11) is 1.75. The predicted molar refractivity (Wildman–Crippen MR) is 53.6 cm³/mol. The third-order valence-electron chi connectivity index (χ3n) is 2.19. The highest BCUT2D eigenvalue weighted by Gasteiger charge is 2.11. The minimum Gasteiger partial charge on any atom is -0.310 e. The second-order valence-electron chi connectivity index (χ2n) is 3.28. The second-order valence-corrected chi connectivity index (χ2v) is 3.28. The topological polar surface area (TPSA) is 29.1 Å². The van der Waals surface area contributed by atoms with E-state index in [4.69, 9.17) is 0 Å². The van der Waals surface area contributed by atoms with Crippen LogP contribution in [-0.4, -0.2) is 18.9 Å². The number of hydrogen-bond donors (Lipinski definition) is 1. The van der Waals surface area contributed by atoms with Crippen LogP contribution in [0.25, 0.3) is 0 Å². The summed E-state index contributed by atoms with van der Waals surface area (Å²) in [6, 6.07) is 6.02. The molecule has 1 N–H and O–H groups in total. The average molecular weight is 195 g/mol. The molecule has 1 aromatic rings. The Morgan fingerprint density at radius 3 is 2.43 bits per heavy atom. The molecule has 0 heterocycles. The average Bonchev–Trinajstić information content (AvgIpc) is 2.16. The Balaban J connectivity index is 2.67. The summed E-state index contributed by atoms with van der Waals surface area (Å²) >= 11 is 0. The Morgan fingerprint density at radius 2 is 2.00 bits per heavy atom. The van der Waals surface area contributed by atoms with Gasteiger partial charge in [-0.2, -0.15) is 0 Å². The van der Waals surface area contributed by atoms with Gasteiger partial charge in [0.15, 0.2) is 0 Å². The molecule has 0 aliphatic heterocycles. The molecular weight excluding hydrogens is 181 g/mol. The lowest BCUT2D eigenvalue weighted by atomic mass is 10.0. The van der Waals surface area contributed by atoms with Gasteiger partial charge in [-0.1, -0.05) is 12.1 Å². The number of hydrogen-bond acceptors (Lipinski definition) is 2. The molecular formula is C11H14FNO. The molecule has 1 atom stereocenters. The third kappa shape index (κ3) is 2.92. The van der Waals surface area contributed by atoms with Crippen molar-refractivity contribution in [3.05, 3.63) is 35.6 Å². The van der Waals surface area contributed by atoms with Crippen molar-refractivity contribution in [3.63, 3.8) is 0 Å². The molecule has 0 spiro atoms. The summed E-state index contributed by atoms with van der Waals surface area (Å²) in [5, 5.41) is 2.92. The summed E-state index contributed by atoms with van der Waals surface area (Å²) in [5.74, 6) is -0.158. The van der Waals surface area contributed by atoms with Gasteiger partial charge in [-0.15, -0.1) is 0 Å². The fourth-order valence-corrected chi connectivity index (χ4v) is 1.31. The van der Waals surface area contributed by atoms with E-state index in [1.54, 1.807) is 26.1 Å². The van der Waals surface area contributed by atoms with E-state index in [9.17, 15) is 9.18 Å². The molecule has 0 saturated carbocycles. The van der Waals surface area contributed by atoms with Crippen molar-refractivity contribution in [1.29, 1.82) is 0 Å². The maximum Gasteiger partial charge on any atom is 0.147 e. The maximum absolute atomic E-state index is 12.6. The lowest BCUT2D eigenvalue weighted by Crippen LogP contribution is -2.34.